The van der Waals surface area contributed by atoms with Crippen LogP contribution in [0.1, 0.15) is 19.3 Å². The number of carbonyl (C=O) groups excluding carboxylic acids is 1. The van der Waals surface area contributed by atoms with E-state index in [1.54, 1.807) is 18.1 Å². The van der Waals surface area contributed by atoms with E-state index in [1.165, 1.54) is 0 Å². The largest absolute Gasteiger partial charge is 0.351 e. The lowest BCUT2D eigenvalue weighted by Crippen LogP contribution is -2.31. The fourth-order valence-electron chi connectivity index (χ4n) is 2.59. The Morgan fingerprint density at radius 2 is 2.35 bits per heavy atom. The summed E-state index contributed by atoms with van der Waals surface area (Å²) in [5, 5.41) is 0.233. The van der Waals surface area contributed by atoms with Crippen molar-refractivity contribution in [3.63, 3.8) is 0 Å². The molecule has 17 heavy (non-hydrogen) atoms. The average molecular weight is 253 g/mol. The van der Waals surface area contributed by atoms with E-state index in [0.29, 0.717) is 6.42 Å². The number of aromatic nitrogens is 2. The standard InChI is InChI=1S/C11H13ClN4O/c1-15-8-6-13-11(12)14-10(8)16-4-2-3-7(16)5-9(15)17/h6-7H,2-5H2,1H3/t7-/m1/s1. The zero-order chi connectivity index (χ0) is 12.0. The van der Waals surface area contributed by atoms with E-state index in [4.69, 9.17) is 11.6 Å². The highest BCUT2D eigenvalue weighted by molar-refractivity contribution is 6.28. The second-order valence-corrected chi connectivity index (χ2v) is 4.83. The Morgan fingerprint density at radius 1 is 1.53 bits per heavy atom. The SMILES string of the molecule is CN1C(=O)C[C@H]2CCCN2c2nc(Cl)ncc21. The van der Waals surface area contributed by atoms with Crippen molar-refractivity contribution >= 4 is 29.0 Å². The Labute approximate surface area is 104 Å². The molecule has 3 rings (SSSR count). The fourth-order valence-corrected chi connectivity index (χ4v) is 2.72. The molecular formula is C11H13ClN4O. The van der Waals surface area contributed by atoms with Crippen LogP contribution in [0.3, 0.4) is 0 Å². The maximum Gasteiger partial charge on any atom is 0.228 e. The van der Waals surface area contributed by atoms with Crippen LogP contribution in [0.2, 0.25) is 5.28 Å². The molecule has 3 heterocycles. The number of rotatable bonds is 0. The van der Waals surface area contributed by atoms with Gasteiger partial charge in [-0.25, -0.2) is 4.98 Å². The molecule has 6 heteroatoms. The summed E-state index contributed by atoms with van der Waals surface area (Å²) >= 11 is 5.85. The summed E-state index contributed by atoms with van der Waals surface area (Å²) in [5.74, 6) is 0.910. The first-order chi connectivity index (χ1) is 8.16. The number of amides is 1. The summed E-state index contributed by atoms with van der Waals surface area (Å²) in [6.45, 7) is 0.937. The van der Waals surface area contributed by atoms with Gasteiger partial charge >= 0.3 is 0 Å². The Morgan fingerprint density at radius 3 is 3.18 bits per heavy atom. The van der Waals surface area contributed by atoms with Crippen LogP contribution in [0.5, 0.6) is 0 Å². The van der Waals surface area contributed by atoms with Crippen molar-refractivity contribution in [2.24, 2.45) is 0 Å². The normalized spacial score (nSPS) is 23.4. The molecule has 5 nitrogen and oxygen atoms in total. The van der Waals surface area contributed by atoms with Gasteiger partial charge in [-0.1, -0.05) is 0 Å². The molecule has 1 atom stereocenters. The molecule has 0 N–H and O–H groups in total. The van der Waals surface area contributed by atoms with Crippen molar-refractivity contribution in [1.82, 2.24) is 9.97 Å². The third-order valence-electron chi connectivity index (χ3n) is 3.52. The van der Waals surface area contributed by atoms with E-state index in [1.807, 2.05) is 0 Å². The molecule has 1 amide bonds. The van der Waals surface area contributed by atoms with Gasteiger partial charge in [0.15, 0.2) is 5.82 Å². The van der Waals surface area contributed by atoms with Crippen LogP contribution in [0, 0.1) is 0 Å². The number of anilines is 2. The zero-order valence-electron chi connectivity index (χ0n) is 9.56. The number of carbonyl (C=O) groups is 1. The Kier molecular flexibility index (Phi) is 2.43. The van der Waals surface area contributed by atoms with Gasteiger partial charge in [-0.2, -0.15) is 4.98 Å². The van der Waals surface area contributed by atoms with Gasteiger partial charge in [-0.3, -0.25) is 4.79 Å². The van der Waals surface area contributed by atoms with Gasteiger partial charge < -0.3 is 9.80 Å². The molecule has 1 fully saturated rings. The molecule has 2 aliphatic rings. The Balaban J connectivity index is 2.15. The quantitative estimate of drug-likeness (QED) is 0.656. The van der Waals surface area contributed by atoms with Crippen LogP contribution in [-0.4, -0.2) is 35.5 Å². The molecule has 1 aromatic rings. The molecule has 0 radical (unpaired) electrons. The summed E-state index contributed by atoms with van der Waals surface area (Å²) in [6.07, 6.45) is 4.32. The monoisotopic (exact) mass is 252 g/mol. The molecule has 0 bridgehead atoms. The van der Waals surface area contributed by atoms with Crippen molar-refractivity contribution in [1.29, 1.82) is 0 Å². The van der Waals surface area contributed by atoms with E-state index in [9.17, 15) is 4.79 Å². The average Bonchev–Trinajstić information content (AvgIpc) is 2.72. The number of hydrogen-bond acceptors (Lipinski definition) is 4. The highest BCUT2D eigenvalue weighted by Crippen LogP contribution is 2.36. The first-order valence-electron chi connectivity index (χ1n) is 5.72. The molecule has 0 unspecified atom stereocenters. The van der Waals surface area contributed by atoms with E-state index in [0.717, 1.165) is 30.9 Å². The number of halogens is 1. The minimum atomic E-state index is 0.117. The van der Waals surface area contributed by atoms with E-state index in [-0.39, 0.29) is 17.2 Å². The van der Waals surface area contributed by atoms with Crippen LogP contribution in [0.25, 0.3) is 0 Å². The minimum Gasteiger partial charge on any atom is -0.351 e. The maximum absolute atomic E-state index is 12.0. The summed E-state index contributed by atoms with van der Waals surface area (Å²) in [5.41, 5.74) is 0.754. The lowest BCUT2D eigenvalue weighted by molar-refractivity contribution is -0.118. The predicted octanol–water partition coefficient (Wildman–Crippen LogP) is 1.47. The van der Waals surface area contributed by atoms with Crippen LogP contribution in [0.15, 0.2) is 6.20 Å². The minimum absolute atomic E-state index is 0.117. The van der Waals surface area contributed by atoms with Gasteiger partial charge in [-0.05, 0) is 24.4 Å². The van der Waals surface area contributed by atoms with Gasteiger partial charge in [0.2, 0.25) is 11.2 Å². The van der Waals surface area contributed by atoms with Crippen molar-refractivity contribution in [2.45, 2.75) is 25.3 Å². The van der Waals surface area contributed by atoms with Crippen molar-refractivity contribution in [3.05, 3.63) is 11.5 Å². The molecule has 0 saturated carbocycles. The van der Waals surface area contributed by atoms with Gasteiger partial charge in [-0.15, -0.1) is 0 Å². The van der Waals surface area contributed by atoms with E-state index < -0.39 is 0 Å². The summed E-state index contributed by atoms with van der Waals surface area (Å²) < 4.78 is 0. The smallest absolute Gasteiger partial charge is 0.228 e. The van der Waals surface area contributed by atoms with Gasteiger partial charge in [0.1, 0.15) is 5.69 Å². The third-order valence-corrected chi connectivity index (χ3v) is 3.70. The molecular weight excluding hydrogens is 240 g/mol. The van der Waals surface area contributed by atoms with Crippen molar-refractivity contribution in [3.8, 4) is 0 Å². The second kappa shape index (κ2) is 3.84. The molecule has 0 aliphatic carbocycles. The van der Waals surface area contributed by atoms with Crippen molar-refractivity contribution in [2.75, 3.05) is 23.4 Å². The summed E-state index contributed by atoms with van der Waals surface area (Å²) in [7, 11) is 1.76. The van der Waals surface area contributed by atoms with Gasteiger partial charge in [0, 0.05) is 26.1 Å². The van der Waals surface area contributed by atoms with Crippen LogP contribution in [-0.2, 0) is 4.79 Å². The molecule has 90 valence electrons. The maximum atomic E-state index is 12.0. The zero-order valence-corrected chi connectivity index (χ0v) is 10.3. The van der Waals surface area contributed by atoms with Gasteiger partial charge in [0.05, 0.1) is 6.20 Å². The lowest BCUT2D eigenvalue weighted by atomic mass is 10.1. The first-order valence-corrected chi connectivity index (χ1v) is 6.10. The fraction of sp³-hybridized carbons (Fsp3) is 0.545. The first kappa shape index (κ1) is 10.8. The van der Waals surface area contributed by atoms with E-state index >= 15 is 0 Å². The Bertz CT molecular complexity index is 479. The summed E-state index contributed by atoms with van der Waals surface area (Å²) in [4.78, 5) is 24.1. The van der Waals surface area contributed by atoms with E-state index in [2.05, 4.69) is 14.9 Å². The van der Waals surface area contributed by atoms with Crippen LogP contribution in [0.4, 0.5) is 11.5 Å². The van der Waals surface area contributed by atoms with Crippen LogP contribution >= 0.6 is 11.6 Å². The Hall–Kier alpha value is -1.36. The highest BCUT2D eigenvalue weighted by Gasteiger charge is 2.35. The number of nitrogens with zero attached hydrogens (tertiary/aromatic N) is 4. The number of fused-ring (bicyclic) bond motifs is 3. The van der Waals surface area contributed by atoms with Gasteiger partial charge in [0.25, 0.3) is 0 Å². The molecule has 0 aromatic carbocycles. The molecule has 0 spiro atoms. The predicted molar refractivity (Wildman–Crippen MR) is 65.4 cm³/mol. The molecule has 1 saturated heterocycles. The number of hydrogen-bond donors (Lipinski definition) is 0. The molecule has 1 aromatic heterocycles. The summed E-state index contributed by atoms with van der Waals surface area (Å²) in [6, 6.07) is 0.261. The highest BCUT2D eigenvalue weighted by atomic mass is 35.5. The third kappa shape index (κ3) is 1.65. The second-order valence-electron chi connectivity index (χ2n) is 4.49. The lowest BCUT2D eigenvalue weighted by Gasteiger charge is -2.23. The van der Waals surface area contributed by atoms with Crippen molar-refractivity contribution < 1.29 is 4.79 Å². The topological polar surface area (TPSA) is 49.3 Å². The van der Waals surface area contributed by atoms with Crippen LogP contribution < -0.4 is 9.80 Å². The molecule has 2 aliphatic heterocycles.